The summed E-state index contributed by atoms with van der Waals surface area (Å²) in [5.74, 6) is 0.0944. The van der Waals surface area contributed by atoms with Gasteiger partial charge in [0, 0.05) is 37.9 Å². The molecule has 1 aromatic rings. The molecule has 1 aromatic carbocycles. The lowest BCUT2D eigenvalue weighted by atomic mass is 10.0. The largest absolute Gasteiger partial charge is 0.378 e. The normalized spacial score (nSPS) is 18.9. The van der Waals surface area contributed by atoms with Crippen molar-refractivity contribution in [2.45, 2.75) is 31.7 Å². The first-order valence-corrected chi connectivity index (χ1v) is 6.96. The van der Waals surface area contributed by atoms with Crippen molar-refractivity contribution in [2.75, 3.05) is 30.9 Å². The van der Waals surface area contributed by atoms with Crippen LogP contribution in [0, 0.1) is 0 Å². The van der Waals surface area contributed by atoms with Crippen molar-refractivity contribution in [1.82, 2.24) is 5.32 Å². The van der Waals surface area contributed by atoms with Crippen molar-refractivity contribution in [1.29, 1.82) is 0 Å². The SMILES string of the molecule is CN(C)c1ccc(NC(=O)CC2CCCCN2)cc1. The van der Waals surface area contributed by atoms with Crippen LogP contribution < -0.4 is 15.5 Å². The second-order valence-electron chi connectivity index (χ2n) is 5.34. The molecule has 0 aliphatic carbocycles. The van der Waals surface area contributed by atoms with Crippen molar-refractivity contribution in [3.8, 4) is 0 Å². The molecule has 19 heavy (non-hydrogen) atoms. The molecule has 1 fully saturated rings. The molecule has 1 saturated heterocycles. The highest BCUT2D eigenvalue weighted by Crippen LogP contribution is 2.16. The average molecular weight is 261 g/mol. The molecule has 1 amide bonds. The van der Waals surface area contributed by atoms with Crippen molar-refractivity contribution >= 4 is 17.3 Å². The molecule has 1 aliphatic rings. The highest BCUT2D eigenvalue weighted by Gasteiger charge is 2.16. The molecule has 2 rings (SSSR count). The molecule has 1 atom stereocenters. The molecule has 0 radical (unpaired) electrons. The number of anilines is 2. The molecule has 0 spiro atoms. The van der Waals surface area contributed by atoms with E-state index in [2.05, 4.69) is 10.6 Å². The van der Waals surface area contributed by atoms with Crippen LogP contribution in [-0.2, 0) is 4.79 Å². The average Bonchev–Trinajstić information content (AvgIpc) is 2.40. The lowest BCUT2D eigenvalue weighted by Crippen LogP contribution is -2.36. The van der Waals surface area contributed by atoms with Crippen LogP contribution in [0.25, 0.3) is 0 Å². The summed E-state index contributed by atoms with van der Waals surface area (Å²) < 4.78 is 0. The zero-order valence-electron chi connectivity index (χ0n) is 11.8. The van der Waals surface area contributed by atoms with E-state index < -0.39 is 0 Å². The Balaban J connectivity index is 1.84. The molecule has 0 saturated carbocycles. The molecule has 1 heterocycles. The van der Waals surface area contributed by atoms with Gasteiger partial charge in [0.2, 0.25) is 5.91 Å². The summed E-state index contributed by atoms with van der Waals surface area (Å²) in [5, 5.41) is 6.35. The van der Waals surface area contributed by atoms with E-state index in [4.69, 9.17) is 0 Å². The van der Waals surface area contributed by atoms with Gasteiger partial charge in [-0.3, -0.25) is 4.79 Å². The summed E-state index contributed by atoms with van der Waals surface area (Å²) in [5.41, 5.74) is 2.00. The van der Waals surface area contributed by atoms with Gasteiger partial charge in [-0.1, -0.05) is 6.42 Å². The van der Waals surface area contributed by atoms with Crippen LogP contribution >= 0.6 is 0 Å². The van der Waals surface area contributed by atoms with E-state index in [9.17, 15) is 4.79 Å². The summed E-state index contributed by atoms with van der Waals surface area (Å²) >= 11 is 0. The summed E-state index contributed by atoms with van der Waals surface area (Å²) in [6.45, 7) is 1.04. The van der Waals surface area contributed by atoms with Crippen LogP contribution in [0.2, 0.25) is 0 Å². The summed E-state index contributed by atoms with van der Waals surface area (Å²) in [7, 11) is 4.00. The number of nitrogens with one attached hydrogen (secondary N) is 2. The Bertz CT molecular complexity index is 408. The number of carbonyl (C=O) groups is 1. The lowest BCUT2D eigenvalue weighted by Gasteiger charge is -2.22. The minimum Gasteiger partial charge on any atom is -0.378 e. The quantitative estimate of drug-likeness (QED) is 0.873. The smallest absolute Gasteiger partial charge is 0.225 e. The van der Waals surface area contributed by atoms with E-state index in [0.717, 1.165) is 24.3 Å². The van der Waals surface area contributed by atoms with Crippen LogP contribution in [0.3, 0.4) is 0 Å². The van der Waals surface area contributed by atoms with Gasteiger partial charge >= 0.3 is 0 Å². The second-order valence-corrected chi connectivity index (χ2v) is 5.34. The fraction of sp³-hybridized carbons (Fsp3) is 0.533. The Morgan fingerprint density at radius 1 is 1.32 bits per heavy atom. The summed E-state index contributed by atoms with van der Waals surface area (Å²) in [6.07, 6.45) is 4.12. The molecule has 1 aliphatic heterocycles. The first-order chi connectivity index (χ1) is 9.15. The molecular formula is C15H23N3O. The summed E-state index contributed by atoms with van der Waals surface area (Å²) in [4.78, 5) is 14.0. The zero-order chi connectivity index (χ0) is 13.7. The van der Waals surface area contributed by atoms with Crippen LogP contribution in [-0.4, -0.2) is 32.6 Å². The number of hydrogen-bond donors (Lipinski definition) is 2. The van der Waals surface area contributed by atoms with E-state index in [1.165, 1.54) is 12.8 Å². The maximum Gasteiger partial charge on any atom is 0.225 e. The van der Waals surface area contributed by atoms with Crippen LogP contribution in [0.5, 0.6) is 0 Å². The maximum atomic E-state index is 11.9. The van der Waals surface area contributed by atoms with Gasteiger partial charge in [-0.25, -0.2) is 0 Å². The van der Waals surface area contributed by atoms with Gasteiger partial charge in [0.25, 0.3) is 0 Å². The van der Waals surface area contributed by atoms with Crippen molar-refractivity contribution < 1.29 is 4.79 Å². The first-order valence-electron chi connectivity index (χ1n) is 6.96. The fourth-order valence-electron chi connectivity index (χ4n) is 2.38. The van der Waals surface area contributed by atoms with Gasteiger partial charge in [-0.2, -0.15) is 0 Å². The minimum absolute atomic E-state index is 0.0944. The van der Waals surface area contributed by atoms with Gasteiger partial charge in [-0.05, 0) is 43.7 Å². The van der Waals surface area contributed by atoms with Gasteiger partial charge < -0.3 is 15.5 Å². The third kappa shape index (κ3) is 4.24. The highest BCUT2D eigenvalue weighted by molar-refractivity contribution is 5.91. The molecule has 0 aromatic heterocycles. The number of benzene rings is 1. The molecule has 1 unspecified atom stereocenters. The Morgan fingerprint density at radius 3 is 2.63 bits per heavy atom. The molecule has 4 heteroatoms. The van der Waals surface area contributed by atoms with E-state index in [0.29, 0.717) is 12.5 Å². The number of hydrogen-bond acceptors (Lipinski definition) is 3. The van der Waals surface area contributed by atoms with E-state index in [-0.39, 0.29) is 5.91 Å². The number of rotatable bonds is 4. The third-order valence-electron chi connectivity index (χ3n) is 3.51. The molecule has 2 N–H and O–H groups in total. The van der Waals surface area contributed by atoms with Crippen LogP contribution in [0.1, 0.15) is 25.7 Å². The number of carbonyl (C=O) groups excluding carboxylic acids is 1. The van der Waals surface area contributed by atoms with Crippen LogP contribution in [0.15, 0.2) is 24.3 Å². The van der Waals surface area contributed by atoms with Gasteiger partial charge in [0.1, 0.15) is 0 Å². The second kappa shape index (κ2) is 6.57. The molecule has 104 valence electrons. The third-order valence-corrected chi connectivity index (χ3v) is 3.51. The monoisotopic (exact) mass is 261 g/mol. The Morgan fingerprint density at radius 2 is 2.05 bits per heavy atom. The Labute approximate surface area is 115 Å². The summed E-state index contributed by atoms with van der Waals surface area (Å²) in [6, 6.07) is 8.25. The van der Waals surface area contributed by atoms with Crippen LogP contribution in [0.4, 0.5) is 11.4 Å². The highest BCUT2D eigenvalue weighted by atomic mass is 16.1. The molecule has 0 bridgehead atoms. The first kappa shape index (κ1) is 13.9. The number of nitrogens with zero attached hydrogens (tertiary/aromatic N) is 1. The molecule has 4 nitrogen and oxygen atoms in total. The molecular weight excluding hydrogens is 238 g/mol. The van der Waals surface area contributed by atoms with Crippen molar-refractivity contribution in [3.63, 3.8) is 0 Å². The van der Waals surface area contributed by atoms with Gasteiger partial charge in [-0.15, -0.1) is 0 Å². The van der Waals surface area contributed by atoms with Gasteiger partial charge in [0.05, 0.1) is 0 Å². The minimum atomic E-state index is 0.0944. The van der Waals surface area contributed by atoms with Gasteiger partial charge in [0.15, 0.2) is 0 Å². The predicted octanol–water partition coefficient (Wildman–Crippen LogP) is 2.22. The fourth-order valence-corrected chi connectivity index (χ4v) is 2.38. The van der Waals surface area contributed by atoms with E-state index >= 15 is 0 Å². The predicted molar refractivity (Wildman–Crippen MR) is 79.7 cm³/mol. The number of amides is 1. The van der Waals surface area contributed by atoms with Crippen molar-refractivity contribution in [2.24, 2.45) is 0 Å². The maximum absolute atomic E-state index is 11.9. The van der Waals surface area contributed by atoms with Crippen molar-refractivity contribution in [3.05, 3.63) is 24.3 Å². The Kier molecular flexibility index (Phi) is 4.80. The lowest BCUT2D eigenvalue weighted by molar-refractivity contribution is -0.116. The zero-order valence-corrected chi connectivity index (χ0v) is 11.8. The van der Waals surface area contributed by atoms with E-state index in [1.807, 2.05) is 43.3 Å². The topological polar surface area (TPSA) is 44.4 Å². The number of piperidine rings is 1. The Hall–Kier alpha value is -1.55. The standard InChI is InChI=1S/C15H23N3O/c1-18(2)14-8-6-12(7-9-14)17-15(19)11-13-5-3-4-10-16-13/h6-9,13,16H,3-5,10-11H2,1-2H3,(H,17,19). The van der Waals surface area contributed by atoms with E-state index in [1.54, 1.807) is 0 Å².